The van der Waals surface area contributed by atoms with Gasteiger partial charge in [0.05, 0.1) is 5.56 Å². The molecule has 3 N–H and O–H groups in total. The number of rotatable bonds is 5. The maximum absolute atomic E-state index is 11.8. The van der Waals surface area contributed by atoms with E-state index in [0.29, 0.717) is 11.6 Å². The second-order valence-corrected chi connectivity index (χ2v) is 4.25. The second kappa shape index (κ2) is 6.80. The van der Waals surface area contributed by atoms with Crippen molar-refractivity contribution in [3.05, 3.63) is 41.4 Å². The molecule has 0 aliphatic heterocycles. The van der Waals surface area contributed by atoms with E-state index in [-0.39, 0.29) is 11.3 Å². The summed E-state index contributed by atoms with van der Waals surface area (Å²) >= 11 is 5.73. The minimum Gasteiger partial charge on any atom is -0.449 e. The normalized spacial score (nSPS) is 11.5. The average Bonchev–Trinajstić information content (AvgIpc) is 2.35. The van der Waals surface area contributed by atoms with Gasteiger partial charge in [0.2, 0.25) is 0 Å². The Bertz CT molecular complexity index is 503. The number of nitrogens with two attached hydrogens (primary N) is 1. The van der Waals surface area contributed by atoms with Crippen LogP contribution in [0.2, 0.25) is 5.02 Å². The lowest BCUT2D eigenvalue weighted by atomic mass is 10.2. The Kier molecular flexibility index (Phi) is 5.38. The second-order valence-electron chi connectivity index (χ2n) is 3.81. The highest BCUT2D eigenvalue weighted by Crippen LogP contribution is 2.19. The fourth-order valence-electron chi connectivity index (χ4n) is 1.31. The molecule has 0 heterocycles. The molecule has 1 aromatic carbocycles. The zero-order valence-electron chi connectivity index (χ0n) is 10.5. The topological polar surface area (TPSA) is 81.4 Å². The van der Waals surface area contributed by atoms with Crippen molar-refractivity contribution in [2.75, 3.05) is 12.3 Å². The number of ether oxygens (including phenoxy) is 1. The summed E-state index contributed by atoms with van der Waals surface area (Å²) in [5, 5.41) is 2.95. The Balaban J connectivity index is 2.68. The van der Waals surface area contributed by atoms with E-state index >= 15 is 0 Å². The third-order valence-corrected chi connectivity index (χ3v) is 2.54. The highest BCUT2D eigenvalue weighted by atomic mass is 35.5. The highest BCUT2D eigenvalue weighted by molar-refractivity contribution is 6.31. The number of amides is 1. The predicted octanol–water partition coefficient (Wildman–Crippen LogP) is 1.77. The number of halogens is 1. The largest absolute Gasteiger partial charge is 0.449 e. The van der Waals surface area contributed by atoms with Crippen molar-refractivity contribution >= 4 is 29.2 Å². The molecule has 1 amide bonds. The van der Waals surface area contributed by atoms with Gasteiger partial charge >= 0.3 is 5.97 Å². The number of carbonyl (C=O) groups excluding carboxylic acids is 2. The zero-order valence-corrected chi connectivity index (χ0v) is 11.2. The number of nitrogens with one attached hydrogen (secondary N) is 1. The van der Waals surface area contributed by atoms with Gasteiger partial charge in [0.1, 0.15) is 0 Å². The van der Waals surface area contributed by atoms with Crippen LogP contribution < -0.4 is 11.1 Å². The predicted molar refractivity (Wildman–Crippen MR) is 73.9 cm³/mol. The Labute approximate surface area is 116 Å². The summed E-state index contributed by atoms with van der Waals surface area (Å²) in [6.07, 6.45) is 0.617. The van der Waals surface area contributed by atoms with Crippen LogP contribution in [0.4, 0.5) is 5.69 Å². The average molecular weight is 283 g/mol. The van der Waals surface area contributed by atoms with Crippen LogP contribution in [0.3, 0.4) is 0 Å². The summed E-state index contributed by atoms with van der Waals surface area (Å²) in [4.78, 5) is 23.3. The fourth-order valence-corrected chi connectivity index (χ4v) is 1.49. The number of hydrogen-bond acceptors (Lipinski definition) is 4. The van der Waals surface area contributed by atoms with Crippen LogP contribution in [0.15, 0.2) is 30.9 Å². The molecule has 5 nitrogen and oxygen atoms in total. The molecule has 0 aromatic heterocycles. The number of hydrogen-bond donors (Lipinski definition) is 2. The van der Waals surface area contributed by atoms with Crippen molar-refractivity contribution in [1.82, 2.24) is 5.32 Å². The van der Waals surface area contributed by atoms with Crippen LogP contribution in [-0.2, 0) is 9.53 Å². The number of anilines is 1. The van der Waals surface area contributed by atoms with E-state index in [9.17, 15) is 9.59 Å². The van der Waals surface area contributed by atoms with Gasteiger partial charge in [-0.2, -0.15) is 0 Å². The summed E-state index contributed by atoms with van der Waals surface area (Å²) in [6.45, 7) is 5.25. The highest BCUT2D eigenvalue weighted by Gasteiger charge is 2.19. The molecular weight excluding hydrogens is 268 g/mol. The number of carbonyl (C=O) groups is 2. The maximum Gasteiger partial charge on any atom is 0.341 e. The SMILES string of the molecule is C=CCNC(=O)[C@@H](C)OC(=O)c1ccc(Cl)cc1N. The molecule has 0 saturated carbocycles. The minimum absolute atomic E-state index is 0.174. The van der Waals surface area contributed by atoms with Crippen LogP contribution >= 0.6 is 11.6 Å². The van der Waals surface area contributed by atoms with Crippen molar-refractivity contribution in [2.24, 2.45) is 0 Å². The quantitative estimate of drug-likeness (QED) is 0.490. The zero-order chi connectivity index (χ0) is 14.4. The van der Waals surface area contributed by atoms with Crippen LogP contribution in [0.25, 0.3) is 0 Å². The number of esters is 1. The molecule has 102 valence electrons. The molecule has 0 unspecified atom stereocenters. The molecule has 1 rings (SSSR count). The summed E-state index contributed by atoms with van der Waals surface area (Å²) < 4.78 is 5.01. The lowest BCUT2D eigenvalue weighted by molar-refractivity contribution is -0.128. The first-order valence-electron chi connectivity index (χ1n) is 5.60. The Morgan fingerprint density at radius 3 is 2.84 bits per heavy atom. The van der Waals surface area contributed by atoms with Crippen molar-refractivity contribution in [2.45, 2.75) is 13.0 Å². The number of nitrogen functional groups attached to an aromatic ring is 1. The molecule has 6 heteroatoms. The summed E-state index contributed by atoms with van der Waals surface area (Å²) in [6, 6.07) is 4.42. The molecule has 1 aromatic rings. The van der Waals surface area contributed by atoms with Gasteiger partial charge in [-0.3, -0.25) is 4.79 Å². The summed E-state index contributed by atoms with van der Waals surface area (Å²) in [7, 11) is 0. The van der Waals surface area contributed by atoms with E-state index in [1.165, 1.54) is 31.2 Å². The Hall–Kier alpha value is -2.01. The smallest absolute Gasteiger partial charge is 0.341 e. The van der Waals surface area contributed by atoms with E-state index < -0.39 is 18.0 Å². The molecule has 0 fully saturated rings. The summed E-state index contributed by atoms with van der Waals surface area (Å²) in [5.74, 6) is -1.07. The molecule has 19 heavy (non-hydrogen) atoms. The fraction of sp³-hybridized carbons (Fsp3) is 0.231. The third-order valence-electron chi connectivity index (χ3n) is 2.31. The van der Waals surface area contributed by atoms with Crippen LogP contribution in [-0.4, -0.2) is 24.5 Å². The lowest BCUT2D eigenvalue weighted by Crippen LogP contribution is -2.35. The molecule has 0 aliphatic rings. The third kappa shape index (κ3) is 4.30. The van der Waals surface area contributed by atoms with E-state index in [2.05, 4.69) is 11.9 Å². The van der Waals surface area contributed by atoms with Crippen molar-refractivity contribution in [1.29, 1.82) is 0 Å². The molecule has 0 bridgehead atoms. The standard InChI is InChI=1S/C13H15ClN2O3/c1-3-6-16-12(17)8(2)19-13(18)10-5-4-9(14)7-11(10)15/h3-5,7-8H,1,6,15H2,2H3,(H,16,17)/t8-/m1/s1. The maximum atomic E-state index is 11.8. The molecule has 0 aliphatic carbocycles. The van der Waals surface area contributed by atoms with Crippen molar-refractivity contribution < 1.29 is 14.3 Å². The lowest BCUT2D eigenvalue weighted by Gasteiger charge is -2.13. The molecule has 0 radical (unpaired) electrons. The van der Waals surface area contributed by atoms with E-state index in [1.54, 1.807) is 0 Å². The molecular formula is C13H15ClN2O3. The van der Waals surface area contributed by atoms with Gasteiger partial charge in [-0.05, 0) is 25.1 Å². The monoisotopic (exact) mass is 282 g/mol. The van der Waals surface area contributed by atoms with Gasteiger partial charge in [-0.1, -0.05) is 17.7 Å². The van der Waals surface area contributed by atoms with Gasteiger partial charge in [0.15, 0.2) is 6.10 Å². The first-order chi connectivity index (χ1) is 8.95. The van der Waals surface area contributed by atoms with Gasteiger partial charge in [-0.25, -0.2) is 4.79 Å². The van der Waals surface area contributed by atoms with Gasteiger partial charge < -0.3 is 15.8 Å². The first kappa shape index (κ1) is 15.0. The van der Waals surface area contributed by atoms with Crippen LogP contribution in [0, 0.1) is 0 Å². The molecule has 0 saturated heterocycles. The van der Waals surface area contributed by atoms with E-state index in [1.807, 2.05) is 0 Å². The molecule has 0 spiro atoms. The first-order valence-corrected chi connectivity index (χ1v) is 5.98. The molecule has 1 atom stereocenters. The van der Waals surface area contributed by atoms with Crippen LogP contribution in [0.1, 0.15) is 17.3 Å². The summed E-state index contributed by atoms with van der Waals surface area (Å²) in [5.41, 5.74) is 6.03. The van der Waals surface area contributed by atoms with E-state index in [0.717, 1.165) is 0 Å². The van der Waals surface area contributed by atoms with Crippen LogP contribution in [0.5, 0.6) is 0 Å². The van der Waals surface area contributed by atoms with Gasteiger partial charge in [0.25, 0.3) is 5.91 Å². The van der Waals surface area contributed by atoms with Gasteiger partial charge in [-0.15, -0.1) is 6.58 Å². The number of benzene rings is 1. The van der Waals surface area contributed by atoms with Gasteiger partial charge in [0, 0.05) is 17.3 Å². The Morgan fingerprint density at radius 1 is 1.58 bits per heavy atom. The van der Waals surface area contributed by atoms with E-state index in [4.69, 9.17) is 22.1 Å². The Morgan fingerprint density at radius 2 is 2.26 bits per heavy atom. The van der Waals surface area contributed by atoms with Crippen molar-refractivity contribution in [3.63, 3.8) is 0 Å². The minimum atomic E-state index is -0.914. The van der Waals surface area contributed by atoms with Crippen molar-refractivity contribution in [3.8, 4) is 0 Å².